The zero-order chi connectivity index (χ0) is 18.9. The predicted octanol–water partition coefficient (Wildman–Crippen LogP) is 3.18. The van der Waals surface area contributed by atoms with Gasteiger partial charge in [0.2, 0.25) is 0 Å². The van der Waals surface area contributed by atoms with Crippen LogP contribution in [0.3, 0.4) is 0 Å². The fraction of sp³-hybridized carbons (Fsp3) is 0. The first kappa shape index (κ1) is 18.5. The van der Waals surface area contributed by atoms with Gasteiger partial charge < -0.3 is 22.5 Å². The number of hydrogen-bond acceptors (Lipinski definition) is 5. The molecular weight excluding hydrogens is 328 g/mol. The molecule has 0 radical (unpaired) electrons. The minimum Gasteiger partial charge on any atom is -0.397 e. The average Bonchev–Trinajstić information content (AvgIpc) is 2.66. The Labute approximate surface area is 151 Å². The fourth-order valence-corrected chi connectivity index (χ4v) is 2.03. The molecule has 0 fully saturated rings. The number of anilines is 4. The number of hydrogen-bond donors (Lipinski definition) is 4. The van der Waals surface area contributed by atoms with Gasteiger partial charge in [0, 0.05) is 11.1 Å². The molecule has 0 aliphatic heterocycles. The van der Waals surface area contributed by atoms with E-state index >= 15 is 0 Å². The lowest BCUT2D eigenvalue weighted by Crippen LogP contribution is -2.13. The highest BCUT2D eigenvalue weighted by Gasteiger charge is 2.07. The lowest BCUT2D eigenvalue weighted by atomic mass is 10.1. The number of nitrogens with one attached hydrogen (secondary N) is 1. The molecule has 26 heavy (non-hydrogen) atoms. The number of nitrogens with two attached hydrogens (primary N) is 3. The van der Waals surface area contributed by atoms with Crippen LogP contribution in [-0.4, -0.2) is 12.2 Å². The van der Waals surface area contributed by atoms with Crippen molar-refractivity contribution < 1.29 is 9.59 Å². The van der Waals surface area contributed by atoms with Gasteiger partial charge in [0.25, 0.3) is 5.91 Å². The Morgan fingerprint density at radius 2 is 1.23 bits per heavy atom. The zero-order valence-corrected chi connectivity index (χ0v) is 14.1. The van der Waals surface area contributed by atoms with Crippen LogP contribution in [0.15, 0.2) is 72.8 Å². The lowest BCUT2D eigenvalue weighted by molar-refractivity contribution is 0.102. The molecule has 0 heterocycles. The summed E-state index contributed by atoms with van der Waals surface area (Å²) in [4.78, 5) is 22.4. The van der Waals surface area contributed by atoms with Crippen molar-refractivity contribution >= 4 is 34.9 Å². The number of benzene rings is 3. The van der Waals surface area contributed by atoms with Gasteiger partial charge >= 0.3 is 0 Å². The smallest absolute Gasteiger partial charge is 0.255 e. The maximum Gasteiger partial charge on any atom is 0.255 e. The van der Waals surface area contributed by atoms with Crippen molar-refractivity contribution in [2.24, 2.45) is 0 Å². The maximum atomic E-state index is 11.9. The Morgan fingerprint density at radius 1 is 0.731 bits per heavy atom. The molecule has 0 aliphatic rings. The maximum absolute atomic E-state index is 11.9. The van der Waals surface area contributed by atoms with Crippen molar-refractivity contribution in [3.8, 4) is 0 Å². The van der Waals surface area contributed by atoms with E-state index in [4.69, 9.17) is 17.2 Å². The summed E-state index contributed by atoms with van der Waals surface area (Å²) >= 11 is 0. The van der Waals surface area contributed by atoms with E-state index in [0.29, 0.717) is 33.9 Å². The summed E-state index contributed by atoms with van der Waals surface area (Å²) in [7, 11) is 0. The highest BCUT2D eigenvalue weighted by Crippen LogP contribution is 2.17. The first-order valence-corrected chi connectivity index (χ1v) is 7.82. The number of nitrogen functional groups attached to an aromatic ring is 3. The van der Waals surface area contributed by atoms with Crippen molar-refractivity contribution in [2.75, 3.05) is 22.5 Å². The first-order valence-electron chi connectivity index (χ1n) is 7.82. The van der Waals surface area contributed by atoms with Gasteiger partial charge in [0.15, 0.2) is 0 Å². The van der Waals surface area contributed by atoms with Gasteiger partial charge in [-0.2, -0.15) is 0 Å². The predicted molar refractivity (Wildman–Crippen MR) is 106 cm³/mol. The molecule has 0 spiro atoms. The summed E-state index contributed by atoms with van der Waals surface area (Å²) in [5.41, 5.74) is 19.9. The quantitative estimate of drug-likeness (QED) is 0.427. The van der Waals surface area contributed by atoms with Crippen molar-refractivity contribution in [3.05, 3.63) is 83.9 Å². The van der Waals surface area contributed by atoms with E-state index in [9.17, 15) is 9.59 Å². The molecule has 3 aromatic rings. The third-order valence-corrected chi connectivity index (χ3v) is 3.51. The van der Waals surface area contributed by atoms with Gasteiger partial charge in [-0.3, -0.25) is 9.59 Å². The van der Waals surface area contributed by atoms with E-state index in [2.05, 4.69) is 5.32 Å². The largest absolute Gasteiger partial charge is 0.397 e. The van der Waals surface area contributed by atoms with Gasteiger partial charge in [-0.15, -0.1) is 0 Å². The van der Waals surface area contributed by atoms with Crippen LogP contribution in [0, 0.1) is 0 Å². The molecule has 1 amide bonds. The molecule has 6 nitrogen and oxygen atoms in total. The van der Waals surface area contributed by atoms with Crippen molar-refractivity contribution in [2.45, 2.75) is 0 Å². The van der Waals surface area contributed by atoms with Gasteiger partial charge in [0.05, 0.1) is 22.7 Å². The average molecular weight is 348 g/mol. The van der Waals surface area contributed by atoms with Gasteiger partial charge in [-0.25, -0.2) is 0 Å². The number of carbonyl (C=O) groups is 2. The molecule has 7 N–H and O–H groups in total. The minimum atomic E-state index is -0.259. The first-order chi connectivity index (χ1) is 12.5. The van der Waals surface area contributed by atoms with Crippen molar-refractivity contribution in [3.63, 3.8) is 0 Å². The standard InChI is InChI=1S/C14H12N2O2.C6H8N2/c15-12-3-1-2-4-13(12)16-14(18)11-7-5-10(9-17)6-8-11;7-5-3-1-2-4-6(5)8/h1-9H,15H2,(H,16,18);1-4H,7-8H2. The Kier molecular flexibility index (Phi) is 6.34. The summed E-state index contributed by atoms with van der Waals surface area (Å²) in [6.45, 7) is 0. The molecule has 0 saturated carbocycles. The Bertz CT molecular complexity index is 871. The number of amides is 1. The summed E-state index contributed by atoms with van der Waals surface area (Å²) in [6.07, 6.45) is 0.733. The highest BCUT2D eigenvalue weighted by molar-refractivity contribution is 6.05. The van der Waals surface area contributed by atoms with Crippen LogP contribution in [0.1, 0.15) is 20.7 Å². The van der Waals surface area contributed by atoms with Gasteiger partial charge in [-0.05, 0) is 36.4 Å². The van der Waals surface area contributed by atoms with Crippen LogP contribution in [0.25, 0.3) is 0 Å². The Balaban J connectivity index is 0.000000254. The molecule has 0 atom stereocenters. The second-order valence-electron chi connectivity index (χ2n) is 5.41. The van der Waals surface area contributed by atoms with E-state index in [0.717, 1.165) is 6.29 Å². The molecule has 132 valence electrons. The molecule has 0 unspecified atom stereocenters. The van der Waals surface area contributed by atoms with Crippen molar-refractivity contribution in [1.29, 1.82) is 0 Å². The van der Waals surface area contributed by atoms with Crippen LogP contribution in [0.4, 0.5) is 22.7 Å². The fourth-order valence-electron chi connectivity index (χ4n) is 2.03. The van der Waals surface area contributed by atoms with E-state index in [1.165, 1.54) is 0 Å². The topological polar surface area (TPSA) is 124 Å². The molecule has 3 rings (SSSR count). The lowest BCUT2D eigenvalue weighted by Gasteiger charge is -2.07. The van der Waals surface area contributed by atoms with E-state index in [-0.39, 0.29) is 5.91 Å². The number of carbonyl (C=O) groups excluding carboxylic acids is 2. The van der Waals surface area contributed by atoms with Crippen molar-refractivity contribution in [1.82, 2.24) is 0 Å². The monoisotopic (exact) mass is 348 g/mol. The second-order valence-corrected chi connectivity index (χ2v) is 5.41. The Morgan fingerprint density at radius 3 is 1.69 bits per heavy atom. The molecule has 6 heteroatoms. The molecule has 0 aliphatic carbocycles. The third kappa shape index (κ3) is 5.10. The van der Waals surface area contributed by atoms with Gasteiger partial charge in [0.1, 0.15) is 6.29 Å². The van der Waals surface area contributed by atoms with Crippen LogP contribution in [0.2, 0.25) is 0 Å². The summed E-state index contributed by atoms with van der Waals surface area (Å²) in [6, 6.07) is 20.7. The number of para-hydroxylation sites is 4. The summed E-state index contributed by atoms with van der Waals surface area (Å²) < 4.78 is 0. The van der Waals surface area contributed by atoms with E-state index in [1.54, 1.807) is 60.7 Å². The molecule has 0 bridgehead atoms. The van der Waals surface area contributed by atoms with Crippen LogP contribution in [-0.2, 0) is 0 Å². The Hall–Kier alpha value is -3.80. The minimum absolute atomic E-state index is 0.259. The normalized spacial score (nSPS) is 9.54. The van der Waals surface area contributed by atoms with Gasteiger partial charge in [-0.1, -0.05) is 36.4 Å². The summed E-state index contributed by atoms with van der Waals surface area (Å²) in [5.74, 6) is -0.259. The summed E-state index contributed by atoms with van der Waals surface area (Å²) in [5, 5.41) is 2.71. The zero-order valence-electron chi connectivity index (χ0n) is 14.1. The molecule has 0 saturated heterocycles. The second kappa shape index (κ2) is 8.89. The third-order valence-electron chi connectivity index (χ3n) is 3.51. The molecule has 0 aromatic heterocycles. The van der Waals surface area contributed by atoms with Crippen LogP contribution < -0.4 is 22.5 Å². The number of rotatable bonds is 3. The van der Waals surface area contributed by atoms with E-state index in [1.807, 2.05) is 12.1 Å². The SMILES string of the molecule is Nc1ccccc1N.Nc1ccccc1NC(=O)c1ccc(C=O)cc1. The molecular formula is C20H20N4O2. The van der Waals surface area contributed by atoms with E-state index < -0.39 is 0 Å². The van der Waals surface area contributed by atoms with Crippen LogP contribution >= 0.6 is 0 Å². The van der Waals surface area contributed by atoms with Crippen LogP contribution in [0.5, 0.6) is 0 Å². The highest BCUT2D eigenvalue weighted by atomic mass is 16.1. The molecule has 3 aromatic carbocycles. The number of aldehydes is 1.